The van der Waals surface area contributed by atoms with Crippen LogP contribution in [-0.4, -0.2) is 29.2 Å². The molecule has 0 aliphatic heterocycles. The lowest BCUT2D eigenvalue weighted by atomic mass is 9.84. The third-order valence-corrected chi connectivity index (χ3v) is 4.01. The quantitative estimate of drug-likeness (QED) is 0.677. The molecule has 1 saturated carbocycles. The molecule has 1 rings (SSSR count). The van der Waals surface area contributed by atoms with Crippen LogP contribution in [-0.2, 0) is 4.79 Å². The van der Waals surface area contributed by atoms with E-state index in [1.165, 1.54) is 0 Å². The van der Waals surface area contributed by atoms with Gasteiger partial charge in [-0.1, -0.05) is 6.92 Å². The van der Waals surface area contributed by atoms with Gasteiger partial charge in [0.15, 0.2) is 0 Å². The van der Waals surface area contributed by atoms with Crippen LogP contribution in [0.15, 0.2) is 0 Å². The highest BCUT2D eigenvalue weighted by molar-refractivity contribution is 5.79. The molecule has 1 aliphatic carbocycles. The first kappa shape index (κ1) is 14.5. The Bertz CT molecular complexity index is 250. The van der Waals surface area contributed by atoms with E-state index in [4.69, 9.17) is 10.8 Å². The van der Waals surface area contributed by atoms with Crippen molar-refractivity contribution in [2.75, 3.05) is 6.61 Å². The van der Waals surface area contributed by atoms with Crippen LogP contribution in [0, 0.1) is 5.92 Å². The van der Waals surface area contributed by atoms with E-state index in [1.807, 2.05) is 13.8 Å². The van der Waals surface area contributed by atoms with Gasteiger partial charge in [-0.05, 0) is 45.4 Å². The average Bonchev–Trinajstić information content (AvgIpc) is 2.30. The molecule has 17 heavy (non-hydrogen) atoms. The van der Waals surface area contributed by atoms with Crippen molar-refractivity contribution in [1.82, 2.24) is 5.32 Å². The zero-order chi connectivity index (χ0) is 12.9. The number of hydrogen-bond donors (Lipinski definition) is 3. The lowest BCUT2D eigenvalue weighted by Gasteiger charge is -2.33. The molecule has 0 aromatic carbocycles. The van der Waals surface area contributed by atoms with E-state index < -0.39 is 0 Å². The van der Waals surface area contributed by atoms with Crippen molar-refractivity contribution in [3.05, 3.63) is 0 Å². The topological polar surface area (TPSA) is 75.3 Å². The molecule has 1 amide bonds. The highest BCUT2D eigenvalue weighted by atomic mass is 16.3. The summed E-state index contributed by atoms with van der Waals surface area (Å²) in [4.78, 5) is 12.1. The third-order valence-electron chi connectivity index (χ3n) is 4.01. The second kappa shape index (κ2) is 6.36. The zero-order valence-corrected chi connectivity index (χ0v) is 11.0. The molecule has 0 aromatic rings. The van der Waals surface area contributed by atoms with Gasteiger partial charge < -0.3 is 16.2 Å². The van der Waals surface area contributed by atoms with Gasteiger partial charge in [0.25, 0.3) is 0 Å². The number of carbonyl (C=O) groups is 1. The van der Waals surface area contributed by atoms with Gasteiger partial charge in [-0.2, -0.15) is 0 Å². The summed E-state index contributed by atoms with van der Waals surface area (Å²) in [5.41, 5.74) is 5.56. The summed E-state index contributed by atoms with van der Waals surface area (Å²) in [6, 6.07) is 0.272. The molecular formula is C13H26N2O2. The molecule has 100 valence electrons. The highest BCUT2D eigenvalue weighted by Crippen LogP contribution is 2.24. The van der Waals surface area contributed by atoms with E-state index in [0.29, 0.717) is 6.42 Å². The van der Waals surface area contributed by atoms with Gasteiger partial charge in [-0.15, -0.1) is 0 Å². The van der Waals surface area contributed by atoms with Gasteiger partial charge in [0.05, 0.1) is 0 Å². The van der Waals surface area contributed by atoms with Crippen molar-refractivity contribution in [3.8, 4) is 0 Å². The van der Waals surface area contributed by atoms with Crippen molar-refractivity contribution < 1.29 is 9.90 Å². The molecule has 1 unspecified atom stereocenters. The third kappa shape index (κ3) is 4.28. The summed E-state index contributed by atoms with van der Waals surface area (Å²) in [5.74, 6) is 0.245. The Morgan fingerprint density at radius 2 is 2.00 bits per heavy atom. The number of nitrogens with two attached hydrogens (primary N) is 1. The highest BCUT2D eigenvalue weighted by Gasteiger charge is 2.29. The minimum absolute atomic E-state index is 0.111. The van der Waals surface area contributed by atoms with E-state index >= 15 is 0 Å². The van der Waals surface area contributed by atoms with Crippen molar-refractivity contribution in [2.45, 2.75) is 64.0 Å². The minimum Gasteiger partial charge on any atom is -0.396 e. The molecule has 1 atom stereocenters. The fourth-order valence-electron chi connectivity index (χ4n) is 2.36. The van der Waals surface area contributed by atoms with Gasteiger partial charge in [0.1, 0.15) is 0 Å². The smallest absolute Gasteiger partial charge is 0.223 e. The Morgan fingerprint density at radius 3 is 2.47 bits per heavy atom. The van der Waals surface area contributed by atoms with Crippen LogP contribution < -0.4 is 11.1 Å². The zero-order valence-electron chi connectivity index (χ0n) is 11.0. The van der Waals surface area contributed by atoms with Crippen LogP contribution >= 0.6 is 0 Å². The van der Waals surface area contributed by atoms with Gasteiger partial charge in [0.2, 0.25) is 5.91 Å². The van der Waals surface area contributed by atoms with E-state index in [2.05, 4.69) is 5.32 Å². The Kier molecular flexibility index (Phi) is 5.40. The van der Waals surface area contributed by atoms with Crippen LogP contribution in [0.2, 0.25) is 0 Å². The number of rotatable bonds is 5. The molecule has 4 N–H and O–H groups in total. The summed E-state index contributed by atoms with van der Waals surface area (Å²) in [6.07, 6.45) is 5.13. The van der Waals surface area contributed by atoms with Crippen molar-refractivity contribution in [3.63, 3.8) is 0 Å². The van der Waals surface area contributed by atoms with E-state index in [1.54, 1.807) is 0 Å². The number of carbonyl (C=O) groups excluding carboxylic acids is 1. The number of hydrogen-bond acceptors (Lipinski definition) is 3. The van der Waals surface area contributed by atoms with Crippen LogP contribution in [0.3, 0.4) is 0 Å². The van der Waals surface area contributed by atoms with Gasteiger partial charge in [-0.3, -0.25) is 4.79 Å². The molecule has 0 radical (unpaired) electrons. The number of aliphatic hydroxyl groups excluding tert-OH is 1. The molecule has 0 saturated heterocycles. The van der Waals surface area contributed by atoms with Crippen LogP contribution in [0.1, 0.15) is 52.4 Å². The molecule has 1 fully saturated rings. The largest absolute Gasteiger partial charge is 0.396 e. The molecule has 0 bridgehead atoms. The fraction of sp³-hybridized carbons (Fsp3) is 0.923. The molecule has 4 nitrogen and oxygen atoms in total. The molecule has 0 aromatic heterocycles. The maximum Gasteiger partial charge on any atom is 0.223 e. The van der Waals surface area contributed by atoms with E-state index in [0.717, 1.165) is 32.1 Å². The van der Waals surface area contributed by atoms with Crippen molar-refractivity contribution in [1.29, 1.82) is 0 Å². The summed E-state index contributed by atoms with van der Waals surface area (Å²) < 4.78 is 0. The van der Waals surface area contributed by atoms with Crippen LogP contribution in [0.25, 0.3) is 0 Å². The first-order valence-electron chi connectivity index (χ1n) is 6.69. The summed E-state index contributed by atoms with van der Waals surface area (Å²) in [6.45, 7) is 4.14. The van der Waals surface area contributed by atoms with Gasteiger partial charge >= 0.3 is 0 Å². The second-order valence-electron chi connectivity index (χ2n) is 5.49. The average molecular weight is 242 g/mol. The first-order chi connectivity index (χ1) is 8.00. The monoisotopic (exact) mass is 242 g/mol. The van der Waals surface area contributed by atoms with Crippen molar-refractivity contribution >= 4 is 5.91 Å². The standard InChI is InChI=1S/C13H26N2O2/c1-3-13(2,8-9-16)15-12(17)10-4-6-11(14)7-5-10/h10-11,16H,3-9,14H2,1-2H3,(H,15,17). The Hall–Kier alpha value is -0.610. The van der Waals surface area contributed by atoms with Crippen molar-refractivity contribution in [2.24, 2.45) is 11.7 Å². The Morgan fingerprint density at radius 1 is 1.41 bits per heavy atom. The second-order valence-corrected chi connectivity index (χ2v) is 5.49. The Balaban J connectivity index is 2.47. The lowest BCUT2D eigenvalue weighted by Crippen LogP contribution is -2.49. The van der Waals surface area contributed by atoms with Crippen LogP contribution in [0.5, 0.6) is 0 Å². The minimum atomic E-state index is -0.272. The normalized spacial score (nSPS) is 28.5. The maximum absolute atomic E-state index is 12.1. The van der Waals surface area contributed by atoms with Crippen LogP contribution in [0.4, 0.5) is 0 Å². The van der Waals surface area contributed by atoms with E-state index in [-0.39, 0.29) is 30.0 Å². The summed E-state index contributed by atoms with van der Waals surface area (Å²) >= 11 is 0. The van der Waals surface area contributed by atoms with Gasteiger partial charge in [-0.25, -0.2) is 0 Å². The molecular weight excluding hydrogens is 216 g/mol. The predicted octanol–water partition coefficient (Wildman–Crippen LogP) is 1.17. The first-order valence-corrected chi connectivity index (χ1v) is 6.69. The SMILES string of the molecule is CCC(C)(CCO)NC(=O)C1CCC(N)CC1. The number of aliphatic hydroxyl groups is 1. The van der Waals surface area contributed by atoms with Gasteiger partial charge in [0, 0.05) is 24.1 Å². The number of amides is 1. The molecule has 1 aliphatic rings. The Labute approximate surface area is 104 Å². The summed E-state index contributed by atoms with van der Waals surface area (Å²) in [7, 11) is 0. The molecule has 0 spiro atoms. The lowest BCUT2D eigenvalue weighted by molar-refractivity contribution is -0.128. The molecule has 0 heterocycles. The molecule has 4 heteroatoms. The predicted molar refractivity (Wildman–Crippen MR) is 68.5 cm³/mol. The summed E-state index contributed by atoms with van der Waals surface area (Å²) in [5, 5.41) is 12.1. The fourth-order valence-corrected chi connectivity index (χ4v) is 2.36. The maximum atomic E-state index is 12.1. The number of nitrogens with one attached hydrogen (secondary N) is 1. The van der Waals surface area contributed by atoms with E-state index in [9.17, 15) is 4.79 Å².